The van der Waals surface area contributed by atoms with Crippen LogP contribution in [0.5, 0.6) is 0 Å². The van der Waals surface area contributed by atoms with Crippen LogP contribution in [0.4, 0.5) is 5.69 Å². The highest BCUT2D eigenvalue weighted by Gasteiger charge is 2.07. The summed E-state index contributed by atoms with van der Waals surface area (Å²) in [5, 5.41) is 1.91. The van der Waals surface area contributed by atoms with Gasteiger partial charge in [0, 0.05) is 28.9 Å². The van der Waals surface area contributed by atoms with Gasteiger partial charge in [-0.1, -0.05) is 17.8 Å². The number of hydrogen-bond donors (Lipinski definition) is 2. The van der Waals surface area contributed by atoms with Crippen molar-refractivity contribution in [1.82, 2.24) is 15.0 Å². The molecule has 0 spiro atoms. The lowest BCUT2D eigenvalue weighted by Gasteiger charge is -2.05. The van der Waals surface area contributed by atoms with Crippen LogP contribution >= 0.6 is 11.8 Å². The van der Waals surface area contributed by atoms with Gasteiger partial charge >= 0.3 is 0 Å². The van der Waals surface area contributed by atoms with Crippen LogP contribution in [0.2, 0.25) is 0 Å². The van der Waals surface area contributed by atoms with Gasteiger partial charge in [0.15, 0.2) is 5.16 Å². The van der Waals surface area contributed by atoms with Gasteiger partial charge in [-0.2, -0.15) is 0 Å². The zero-order valence-corrected chi connectivity index (χ0v) is 9.74. The third-order valence-electron chi connectivity index (χ3n) is 2.44. The van der Waals surface area contributed by atoms with Gasteiger partial charge in [-0.3, -0.25) is 4.98 Å². The molecule has 3 N–H and O–H groups in total. The number of nitrogens with one attached hydrogen (secondary N) is 1. The number of hydrogen-bond acceptors (Lipinski definition) is 4. The summed E-state index contributed by atoms with van der Waals surface area (Å²) in [6.07, 6.45) is 5.29. The molecule has 3 aromatic rings. The molecule has 0 aliphatic heterocycles. The SMILES string of the molecule is Nc1ccc(Sc2ncc[nH]2)c2cccnc12. The van der Waals surface area contributed by atoms with Crippen molar-refractivity contribution >= 4 is 28.4 Å². The van der Waals surface area contributed by atoms with Crippen molar-refractivity contribution in [3.05, 3.63) is 42.9 Å². The number of anilines is 1. The molecule has 17 heavy (non-hydrogen) atoms. The number of nitrogens with two attached hydrogens (primary N) is 1. The highest BCUT2D eigenvalue weighted by Crippen LogP contribution is 2.33. The number of benzene rings is 1. The van der Waals surface area contributed by atoms with Crippen molar-refractivity contribution in [3.8, 4) is 0 Å². The highest BCUT2D eigenvalue weighted by molar-refractivity contribution is 7.99. The van der Waals surface area contributed by atoms with Gasteiger partial charge in [-0.15, -0.1) is 0 Å². The number of nitrogen functional groups attached to an aromatic ring is 1. The smallest absolute Gasteiger partial charge is 0.170 e. The molecule has 0 atom stereocenters. The maximum atomic E-state index is 5.90. The van der Waals surface area contributed by atoms with E-state index in [0.29, 0.717) is 5.69 Å². The third-order valence-corrected chi connectivity index (χ3v) is 3.43. The van der Waals surface area contributed by atoms with Crippen LogP contribution in [0.1, 0.15) is 0 Å². The summed E-state index contributed by atoms with van der Waals surface area (Å²) in [5.41, 5.74) is 7.44. The number of H-pyrrole nitrogens is 1. The number of rotatable bonds is 2. The summed E-state index contributed by atoms with van der Waals surface area (Å²) < 4.78 is 0. The third kappa shape index (κ3) is 1.85. The Morgan fingerprint density at radius 1 is 1.12 bits per heavy atom. The maximum Gasteiger partial charge on any atom is 0.170 e. The number of imidazole rings is 1. The normalized spacial score (nSPS) is 10.8. The maximum absolute atomic E-state index is 5.90. The van der Waals surface area contributed by atoms with E-state index < -0.39 is 0 Å². The molecule has 0 fully saturated rings. The average Bonchev–Trinajstić information content (AvgIpc) is 2.86. The first-order valence-corrected chi connectivity index (χ1v) is 5.97. The first-order chi connectivity index (χ1) is 8.34. The molecule has 2 heterocycles. The second-order valence-electron chi connectivity index (χ2n) is 3.55. The van der Waals surface area contributed by atoms with Crippen LogP contribution < -0.4 is 5.73 Å². The molecule has 5 heteroatoms. The Kier molecular flexibility index (Phi) is 2.45. The van der Waals surface area contributed by atoms with E-state index in [9.17, 15) is 0 Å². The summed E-state index contributed by atoms with van der Waals surface area (Å²) >= 11 is 1.57. The quantitative estimate of drug-likeness (QED) is 0.678. The van der Waals surface area contributed by atoms with Gasteiger partial charge < -0.3 is 10.7 Å². The first-order valence-electron chi connectivity index (χ1n) is 5.15. The Morgan fingerprint density at radius 3 is 2.88 bits per heavy atom. The van der Waals surface area contributed by atoms with Crippen LogP contribution in [-0.2, 0) is 0 Å². The second kappa shape index (κ2) is 4.10. The molecule has 0 aliphatic carbocycles. The largest absolute Gasteiger partial charge is 0.397 e. The molecule has 0 bridgehead atoms. The van der Waals surface area contributed by atoms with Crippen LogP contribution in [-0.4, -0.2) is 15.0 Å². The second-order valence-corrected chi connectivity index (χ2v) is 4.58. The minimum absolute atomic E-state index is 0.699. The Bertz CT molecular complexity index is 649. The molecule has 4 nitrogen and oxygen atoms in total. The average molecular weight is 242 g/mol. The van der Waals surface area contributed by atoms with Gasteiger partial charge in [0.25, 0.3) is 0 Å². The molecule has 0 unspecified atom stereocenters. The van der Waals surface area contributed by atoms with Crippen LogP contribution in [0.25, 0.3) is 10.9 Å². The van der Waals surface area contributed by atoms with Crippen molar-refractivity contribution < 1.29 is 0 Å². The summed E-state index contributed by atoms with van der Waals surface area (Å²) in [5.74, 6) is 0. The minimum atomic E-state index is 0.699. The topological polar surface area (TPSA) is 67.6 Å². The fourth-order valence-electron chi connectivity index (χ4n) is 1.67. The van der Waals surface area contributed by atoms with E-state index in [1.54, 1.807) is 30.4 Å². The molecule has 0 saturated carbocycles. The number of pyridine rings is 1. The fourth-order valence-corrected chi connectivity index (χ4v) is 2.53. The lowest BCUT2D eigenvalue weighted by atomic mass is 10.2. The Hall–Kier alpha value is -2.01. The van der Waals surface area contributed by atoms with E-state index in [0.717, 1.165) is 21.0 Å². The molecule has 0 aliphatic rings. The number of aromatic amines is 1. The van der Waals surface area contributed by atoms with Gasteiger partial charge in [0.05, 0.1) is 11.2 Å². The Morgan fingerprint density at radius 2 is 2.06 bits per heavy atom. The Balaban J connectivity index is 2.14. The van der Waals surface area contributed by atoms with Crippen LogP contribution in [0.15, 0.2) is 52.9 Å². The minimum Gasteiger partial charge on any atom is -0.397 e. The molecule has 0 saturated heterocycles. The molecular formula is C12H10N4S. The molecule has 84 valence electrons. The van der Waals surface area contributed by atoms with E-state index in [1.165, 1.54) is 0 Å². The first kappa shape index (κ1) is 10.2. The summed E-state index contributed by atoms with van der Waals surface area (Å²) in [6, 6.07) is 7.80. The Labute approximate surface area is 102 Å². The zero-order valence-electron chi connectivity index (χ0n) is 8.92. The fraction of sp³-hybridized carbons (Fsp3) is 0. The summed E-state index contributed by atoms with van der Waals surface area (Å²) in [6.45, 7) is 0. The molecule has 1 aromatic carbocycles. The van der Waals surface area contributed by atoms with E-state index in [1.807, 2.05) is 24.3 Å². The summed E-state index contributed by atoms with van der Waals surface area (Å²) in [4.78, 5) is 12.7. The highest BCUT2D eigenvalue weighted by atomic mass is 32.2. The van der Waals surface area contributed by atoms with E-state index >= 15 is 0 Å². The monoisotopic (exact) mass is 242 g/mol. The van der Waals surface area contributed by atoms with Crippen LogP contribution in [0, 0.1) is 0 Å². The molecule has 0 amide bonds. The molecular weight excluding hydrogens is 232 g/mol. The molecule has 2 aromatic heterocycles. The predicted molar refractivity (Wildman–Crippen MR) is 68.9 cm³/mol. The van der Waals surface area contributed by atoms with Gasteiger partial charge in [-0.25, -0.2) is 4.98 Å². The van der Waals surface area contributed by atoms with Gasteiger partial charge in [-0.05, 0) is 18.2 Å². The number of fused-ring (bicyclic) bond motifs is 1. The molecule has 3 rings (SSSR count). The van der Waals surface area contributed by atoms with E-state index in [-0.39, 0.29) is 0 Å². The lowest BCUT2D eigenvalue weighted by molar-refractivity contribution is 1.06. The van der Waals surface area contributed by atoms with Crippen molar-refractivity contribution in [2.45, 2.75) is 10.1 Å². The standard InChI is InChI=1S/C12H10N4S/c13-9-3-4-10(17-12-15-6-7-16-12)8-2-1-5-14-11(8)9/h1-7H,13H2,(H,15,16). The number of nitrogens with zero attached hydrogens (tertiary/aromatic N) is 2. The molecule has 0 radical (unpaired) electrons. The number of aromatic nitrogens is 3. The van der Waals surface area contributed by atoms with Crippen molar-refractivity contribution in [2.24, 2.45) is 0 Å². The lowest BCUT2D eigenvalue weighted by Crippen LogP contribution is -1.90. The van der Waals surface area contributed by atoms with Crippen molar-refractivity contribution in [1.29, 1.82) is 0 Å². The summed E-state index contributed by atoms with van der Waals surface area (Å²) in [7, 11) is 0. The van der Waals surface area contributed by atoms with Gasteiger partial charge in [0.2, 0.25) is 0 Å². The van der Waals surface area contributed by atoms with E-state index in [4.69, 9.17) is 5.73 Å². The van der Waals surface area contributed by atoms with Crippen molar-refractivity contribution in [2.75, 3.05) is 5.73 Å². The van der Waals surface area contributed by atoms with Crippen LogP contribution in [0.3, 0.4) is 0 Å². The predicted octanol–water partition coefficient (Wildman–Crippen LogP) is 2.69. The van der Waals surface area contributed by atoms with Gasteiger partial charge in [0.1, 0.15) is 0 Å². The zero-order chi connectivity index (χ0) is 11.7. The van der Waals surface area contributed by atoms with Crippen molar-refractivity contribution in [3.63, 3.8) is 0 Å². The van der Waals surface area contributed by atoms with E-state index in [2.05, 4.69) is 15.0 Å².